The molecule has 2 aliphatic rings. The van der Waals surface area contributed by atoms with E-state index in [0.29, 0.717) is 0 Å². The molecule has 6 heteroatoms. The van der Waals surface area contributed by atoms with Crippen LogP contribution in [0.25, 0.3) is 10.2 Å². The van der Waals surface area contributed by atoms with Crippen molar-refractivity contribution in [3.05, 3.63) is 17.3 Å². The third-order valence-electron chi connectivity index (χ3n) is 4.87. The van der Waals surface area contributed by atoms with Crippen LogP contribution < -0.4 is 10.2 Å². The number of aromatic nitrogens is 2. The van der Waals surface area contributed by atoms with Gasteiger partial charge in [-0.15, -0.1) is 11.3 Å². The van der Waals surface area contributed by atoms with Crippen molar-refractivity contribution in [1.82, 2.24) is 15.3 Å². The first-order valence-electron chi connectivity index (χ1n) is 8.44. The number of piperidine rings is 1. The number of nitrogens with one attached hydrogen (secondary N) is 1. The zero-order valence-corrected chi connectivity index (χ0v) is 14.2. The summed E-state index contributed by atoms with van der Waals surface area (Å²) in [6.45, 7) is 4.67. The first-order chi connectivity index (χ1) is 11.2. The van der Waals surface area contributed by atoms with Gasteiger partial charge in [0.05, 0.1) is 16.1 Å². The minimum atomic E-state index is 0.0774. The number of hydrogen-bond acceptors (Lipinski definition) is 5. The molecule has 0 aromatic carbocycles. The summed E-state index contributed by atoms with van der Waals surface area (Å²) < 4.78 is 1.14. The number of aryl methyl sites for hydroxylation is 1. The molecule has 1 saturated carbocycles. The van der Waals surface area contributed by atoms with Gasteiger partial charge in [0.1, 0.15) is 12.1 Å². The molecule has 1 N–H and O–H groups in total. The maximum absolute atomic E-state index is 12.4. The molecule has 122 valence electrons. The number of thiophene rings is 1. The Morgan fingerprint density at radius 3 is 3.09 bits per heavy atom. The molecule has 2 fully saturated rings. The van der Waals surface area contributed by atoms with Crippen LogP contribution in [0.1, 0.15) is 31.2 Å². The lowest BCUT2D eigenvalue weighted by atomic mass is 9.97. The molecule has 3 heterocycles. The Bertz CT molecular complexity index is 724. The van der Waals surface area contributed by atoms with E-state index in [4.69, 9.17) is 0 Å². The Balaban J connectivity index is 1.50. The van der Waals surface area contributed by atoms with Crippen molar-refractivity contribution in [2.24, 2.45) is 11.8 Å². The van der Waals surface area contributed by atoms with Crippen LogP contribution in [-0.2, 0) is 4.79 Å². The van der Waals surface area contributed by atoms with Crippen LogP contribution in [-0.4, -0.2) is 35.5 Å². The van der Waals surface area contributed by atoms with Crippen molar-refractivity contribution in [3.8, 4) is 0 Å². The minimum absolute atomic E-state index is 0.0774. The number of hydrogen-bond donors (Lipinski definition) is 1. The van der Waals surface area contributed by atoms with Gasteiger partial charge in [-0.2, -0.15) is 0 Å². The summed E-state index contributed by atoms with van der Waals surface area (Å²) >= 11 is 1.70. The normalized spacial score (nSPS) is 21.6. The molecule has 1 amide bonds. The largest absolute Gasteiger partial charge is 0.356 e. The number of amides is 1. The second kappa shape index (κ2) is 6.07. The van der Waals surface area contributed by atoms with Crippen molar-refractivity contribution in [2.45, 2.75) is 32.6 Å². The van der Waals surface area contributed by atoms with Crippen LogP contribution in [0.5, 0.6) is 0 Å². The number of carbonyl (C=O) groups is 1. The second-order valence-electron chi connectivity index (χ2n) is 6.77. The summed E-state index contributed by atoms with van der Waals surface area (Å²) in [6.07, 6.45) is 6.21. The minimum Gasteiger partial charge on any atom is -0.356 e. The number of anilines is 1. The summed E-state index contributed by atoms with van der Waals surface area (Å²) in [7, 11) is 0. The Kier molecular flexibility index (Phi) is 3.93. The number of fused-ring (bicyclic) bond motifs is 1. The van der Waals surface area contributed by atoms with E-state index in [1.165, 1.54) is 18.4 Å². The van der Waals surface area contributed by atoms with Crippen molar-refractivity contribution in [1.29, 1.82) is 0 Å². The van der Waals surface area contributed by atoms with E-state index < -0.39 is 0 Å². The standard InChI is InChI=1S/C17H22N4OS/c1-11-9-23-15-14(11)19-10-20-16(15)21-6-2-3-13(8-21)17(22)18-7-12-4-5-12/h9-10,12-13H,2-8H2,1H3,(H,18,22). The number of carbonyl (C=O) groups excluding carboxylic acids is 1. The second-order valence-corrected chi connectivity index (χ2v) is 7.65. The van der Waals surface area contributed by atoms with Crippen LogP contribution in [0.4, 0.5) is 5.82 Å². The van der Waals surface area contributed by atoms with E-state index in [0.717, 1.165) is 54.4 Å². The molecule has 1 saturated heterocycles. The lowest BCUT2D eigenvalue weighted by Crippen LogP contribution is -2.43. The summed E-state index contributed by atoms with van der Waals surface area (Å²) in [4.78, 5) is 23.6. The fourth-order valence-corrected chi connectivity index (χ4v) is 4.30. The zero-order valence-electron chi connectivity index (χ0n) is 13.4. The average Bonchev–Trinajstić information content (AvgIpc) is 3.35. The first-order valence-corrected chi connectivity index (χ1v) is 9.32. The molecule has 5 nitrogen and oxygen atoms in total. The SMILES string of the molecule is Cc1csc2c(N3CCCC(C(=O)NCC4CC4)C3)ncnc12. The van der Waals surface area contributed by atoms with Gasteiger partial charge < -0.3 is 10.2 Å². The fraction of sp³-hybridized carbons (Fsp3) is 0.588. The van der Waals surface area contributed by atoms with E-state index in [2.05, 4.69) is 32.5 Å². The van der Waals surface area contributed by atoms with Crippen LogP contribution in [0.3, 0.4) is 0 Å². The highest BCUT2D eigenvalue weighted by Gasteiger charge is 2.29. The van der Waals surface area contributed by atoms with Gasteiger partial charge in [-0.05, 0) is 49.5 Å². The van der Waals surface area contributed by atoms with Crippen molar-refractivity contribution in [3.63, 3.8) is 0 Å². The third-order valence-corrected chi connectivity index (χ3v) is 5.95. The first kappa shape index (κ1) is 14.9. The lowest BCUT2D eigenvalue weighted by Gasteiger charge is -2.33. The predicted molar refractivity (Wildman–Crippen MR) is 92.8 cm³/mol. The molecule has 0 spiro atoms. The maximum Gasteiger partial charge on any atom is 0.224 e. The van der Waals surface area contributed by atoms with Crippen LogP contribution in [0.2, 0.25) is 0 Å². The predicted octanol–water partition coefficient (Wildman–Crippen LogP) is 2.74. The molecule has 4 rings (SSSR count). The van der Waals surface area contributed by atoms with Crippen molar-refractivity contribution < 1.29 is 4.79 Å². The molecular weight excluding hydrogens is 308 g/mol. The Morgan fingerprint density at radius 1 is 1.39 bits per heavy atom. The van der Waals surface area contributed by atoms with Crippen LogP contribution >= 0.6 is 11.3 Å². The third kappa shape index (κ3) is 3.04. The molecular formula is C17H22N4OS. The Hall–Kier alpha value is -1.69. The van der Waals surface area contributed by atoms with E-state index in [1.54, 1.807) is 17.7 Å². The number of rotatable bonds is 4. The average molecular weight is 330 g/mol. The van der Waals surface area contributed by atoms with E-state index in [-0.39, 0.29) is 11.8 Å². The van der Waals surface area contributed by atoms with E-state index >= 15 is 0 Å². The van der Waals surface area contributed by atoms with E-state index in [1.807, 2.05) is 0 Å². The molecule has 23 heavy (non-hydrogen) atoms. The van der Waals surface area contributed by atoms with Crippen molar-refractivity contribution in [2.75, 3.05) is 24.5 Å². The Labute approximate surface area is 140 Å². The van der Waals surface area contributed by atoms with Gasteiger partial charge in [0.2, 0.25) is 5.91 Å². The highest BCUT2D eigenvalue weighted by Crippen LogP contribution is 2.33. The highest BCUT2D eigenvalue weighted by atomic mass is 32.1. The quantitative estimate of drug-likeness (QED) is 0.936. The topological polar surface area (TPSA) is 58.1 Å². The summed E-state index contributed by atoms with van der Waals surface area (Å²) in [5, 5.41) is 5.26. The smallest absolute Gasteiger partial charge is 0.224 e. The fourth-order valence-electron chi connectivity index (χ4n) is 3.28. The lowest BCUT2D eigenvalue weighted by molar-refractivity contribution is -0.125. The van der Waals surface area contributed by atoms with Gasteiger partial charge in [0, 0.05) is 19.6 Å². The van der Waals surface area contributed by atoms with Gasteiger partial charge in [0.25, 0.3) is 0 Å². The van der Waals surface area contributed by atoms with Crippen LogP contribution in [0, 0.1) is 18.8 Å². The van der Waals surface area contributed by atoms with Gasteiger partial charge in [0.15, 0.2) is 0 Å². The molecule has 2 aromatic heterocycles. The molecule has 0 radical (unpaired) electrons. The van der Waals surface area contributed by atoms with Crippen molar-refractivity contribution >= 4 is 33.3 Å². The Morgan fingerprint density at radius 2 is 2.26 bits per heavy atom. The molecule has 2 aromatic rings. The monoisotopic (exact) mass is 330 g/mol. The summed E-state index contributed by atoms with van der Waals surface area (Å²) in [5.41, 5.74) is 2.24. The van der Waals surface area contributed by atoms with Gasteiger partial charge >= 0.3 is 0 Å². The molecule has 0 bridgehead atoms. The zero-order chi connectivity index (χ0) is 15.8. The summed E-state index contributed by atoms with van der Waals surface area (Å²) in [5.74, 6) is 2.02. The van der Waals surface area contributed by atoms with Gasteiger partial charge in [-0.25, -0.2) is 9.97 Å². The molecule has 1 unspecified atom stereocenters. The molecule has 1 aliphatic heterocycles. The van der Waals surface area contributed by atoms with Gasteiger partial charge in [-0.3, -0.25) is 4.79 Å². The summed E-state index contributed by atoms with van der Waals surface area (Å²) in [6, 6.07) is 0. The van der Waals surface area contributed by atoms with Crippen LogP contribution in [0.15, 0.2) is 11.7 Å². The highest BCUT2D eigenvalue weighted by molar-refractivity contribution is 7.18. The number of nitrogens with zero attached hydrogens (tertiary/aromatic N) is 3. The molecule has 1 atom stereocenters. The molecule has 1 aliphatic carbocycles. The maximum atomic E-state index is 12.4. The van der Waals surface area contributed by atoms with E-state index in [9.17, 15) is 4.79 Å². The van der Waals surface area contributed by atoms with Gasteiger partial charge in [-0.1, -0.05) is 0 Å².